The fraction of sp³-hybridized carbons (Fsp3) is 0.667. The lowest BCUT2D eigenvalue weighted by atomic mass is 9.97. The van der Waals surface area contributed by atoms with Crippen molar-refractivity contribution in [1.82, 2.24) is 15.2 Å². The zero-order valence-corrected chi connectivity index (χ0v) is 11.5. The van der Waals surface area contributed by atoms with Crippen molar-refractivity contribution in [1.29, 1.82) is 0 Å². The molecule has 6 heteroatoms. The highest BCUT2D eigenvalue weighted by molar-refractivity contribution is 7.15. The predicted molar refractivity (Wildman–Crippen MR) is 73.2 cm³/mol. The van der Waals surface area contributed by atoms with E-state index in [2.05, 4.69) is 15.2 Å². The van der Waals surface area contributed by atoms with Crippen LogP contribution in [0.4, 0.5) is 5.13 Å². The van der Waals surface area contributed by atoms with Crippen LogP contribution in [0.25, 0.3) is 0 Å². The highest BCUT2D eigenvalue weighted by atomic mass is 32.1. The smallest absolute Gasteiger partial charge is 0.216 e. The summed E-state index contributed by atoms with van der Waals surface area (Å²) in [5.41, 5.74) is 5.62. The lowest BCUT2D eigenvalue weighted by molar-refractivity contribution is -0.119. The predicted octanol–water partition coefficient (Wildman–Crippen LogP) is 1.07. The number of nitrogen functional groups attached to an aromatic ring is 1. The molecule has 0 bridgehead atoms. The van der Waals surface area contributed by atoms with Crippen LogP contribution in [0.1, 0.15) is 24.6 Å². The van der Waals surface area contributed by atoms with Gasteiger partial charge >= 0.3 is 0 Å². The topological polar surface area (TPSA) is 71.2 Å². The van der Waals surface area contributed by atoms with Gasteiger partial charge in [0, 0.05) is 31.1 Å². The number of hydrogen-bond donors (Lipinski definition) is 2. The Bertz CT molecular complexity index is 399. The van der Waals surface area contributed by atoms with E-state index in [1.165, 1.54) is 4.88 Å². The molecular formula is C12H20N4OS. The maximum Gasteiger partial charge on any atom is 0.216 e. The minimum Gasteiger partial charge on any atom is -0.375 e. The Hall–Kier alpha value is -1.14. The zero-order chi connectivity index (χ0) is 13.0. The number of carbonyl (C=O) groups is 1. The van der Waals surface area contributed by atoms with Crippen molar-refractivity contribution < 1.29 is 4.79 Å². The fourth-order valence-electron chi connectivity index (χ4n) is 2.25. The third-order valence-corrected chi connectivity index (χ3v) is 4.11. The molecule has 0 radical (unpaired) electrons. The van der Waals surface area contributed by atoms with Gasteiger partial charge in [-0.3, -0.25) is 9.69 Å². The Labute approximate surface area is 111 Å². The molecule has 0 atom stereocenters. The number of piperidine rings is 1. The van der Waals surface area contributed by atoms with Crippen LogP contribution in [-0.4, -0.2) is 35.4 Å². The van der Waals surface area contributed by atoms with Gasteiger partial charge in [0.15, 0.2) is 5.13 Å². The second kappa shape index (κ2) is 6.15. The summed E-state index contributed by atoms with van der Waals surface area (Å²) in [6, 6.07) is 0. The number of likely N-dealkylation sites (tertiary alicyclic amines) is 1. The minimum atomic E-state index is 0.0672. The second-order valence-corrected chi connectivity index (χ2v) is 5.97. The average Bonchev–Trinajstić information content (AvgIpc) is 2.74. The minimum absolute atomic E-state index is 0.0672. The van der Waals surface area contributed by atoms with Gasteiger partial charge in [0.1, 0.15) is 0 Å². The Morgan fingerprint density at radius 2 is 2.33 bits per heavy atom. The van der Waals surface area contributed by atoms with Gasteiger partial charge in [-0.15, -0.1) is 11.3 Å². The van der Waals surface area contributed by atoms with E-state index in [1.807, 2.05) is 6.20 Å². The first-order valence-electron chi connectivity index (χ1n) is 6.30. The molecule has 1 fully saturated rings. The summed E-state index contributed by atoms with van der Waals surface area (Å²) in [6.45, 7) is 5.51. The summed E-state index contributed by atoms with van der Waals surface area (Å²) >= 11 is 1.56. The second-order valence-electron chi connectivity index (χ2n) is 4.82. The van der Waals surface area contributed by atoms with E-state index in [9.17, 15) is 4.79 Å². The van der Waals surface area contributed by atoms with Gasteiger partial charge in [-0.1, -0.05) is 0 Å². The third kappa shape index (κ3) is 3.96. The van der Waals surface area contributed by atoms with Gasteiger partial charge in [0.05, 0.1) is 0 Å². The summed E-state index contributed by atoms with van der Waals surface area (Å²) < 4.78 is 0. The van der Waals surface area contributed by atoms with Crippen LogP contribution in [0.5, 0.6) is 0 Å². The highest BCUT2D eigenvalue weighted by Gasteiger charge is 2.19. The number of anilines is 1. The SMILES string of the molecule is CC(=O)NCC1CCN(Cc2cnc(N)s2)CC1. The zero-order valence-electron chi connectivity index (χ0n) is 10.7. The van der Waals surface area contributed by atoms with Gasteiger partial charge in [-0.2, -0.15) is 0 Å². The van der Waals surface area contributed by atoms with Crippen LogP contribution >= 0.6 is 11.3 Å². The molecule has 0 aliphatic carbocycles. The van der Waals surface area contributed by atoms with Crippen molar-refractivity contribution in [3.8, 4) is 0 Å². The fourth-order valence-corrected chi connectivity index (χ4v) is 2.98. The number of nitrogens with one attached hydrogen (secondary N) is 1. The van der Waals surface area contributed by atoms with Crippen LogP contribution in [0.15, 0.2) is 6.20 Å². The molecule has 18 heavy (non-hydrogen) atoms. The monoisotopic (exact) mass is 268 g/mol. The van der Waals surface area contributed by atoms with Crippen molar-refractivity contribution in [2.75, 3.05) is 25.4 Å². The van der Waals surface area contributed by atoms with Crippen LogP contribution in [-0.2, 0) is 11.3 Å². The standard InChI is InChI=1S/C12H20N4OS/c1-9(17)14-6-10-2-4-16(5-3-10)8-11-7-15-12(13)18-11/h7,10H,2-6,8H2,1H3,(H2,13,15)(H,14,17). The molecule has 0 spiro atoms. The van der Waals surface area contributed by atoms with E-state index >= 15 is 0 Å². The van der Waals surface area contributed by atoms with Gasteiger partial charge in [0.25, 0.3) is 0 Å². The Balaban J connectivity index is 1.71. The number of rotatable bonds is 4. The summed E-state index contributed by atoms with van der Waals surface area (Å²) in [6.07, 6.45) is 4.16. The molecule has 1 aliphatic rings. The van der Waals surface area contributed by atoms with E-state index in [-0.39, 0.29) is 5.91 Å². The lowest BCUT2D eigenvalue weighted by Gasteiger charge is -2.31. The number of nitrogens with two attached hydrogens (primary N) is 1. The quantitative estimate of drug-likeness (QED) is 0.857. The third-order valence-electron chi connectivity index (χ3n) is 3.30. The number of thiazole rings is 1. The summed E-state index contributed by atoms with van der Waals surface area (Å²) in [5, 5.41) is 3.55. The van der Waals surface area contributed by atoms with Crippen molar-refractivity contribution in [3.05, 3.63) is 11.1 Å². The van der Waals surface area contributed by atoms with E-state index in [4.69, 9.17) is 5.73 Å². The molecule has 2 rings (SSSR count). The van der Waals surface area contributed by atoms with Crippen LogP contribution < -0.4 is 11.1 Å². The lowest BCUT2D eigenvalue weighted by Crippen LogP contribution is -2.37. The largest absolute Gasteiger partial charge is 0.375 e. The molecule has 2 heterocycles. The molecule has 100 valence electrons. The van der Waals surface area contributed by atoms with Crippen molar-refractivity contribution in [2.24, 2.45) is 5.92 Å². The normalized spacial score (nSPS) is 17.8. The number of aromatic nitrogens is 1. The summed E-state index contributed by atoms with van der Waals surface area (Å²) in [5.74, 6) is 0.689. The molecular weight excluding hydrogens is 248 g/mol. The molecule has 0 aromatic carbocycles. The van der Waals surface area contributed by atoms with Crippen LogP contribution in [0, 0.1) is 5.92 Å². The molecule has 0 saturated carbocycles. The maximum atomic E-state index is 10.9. The van der Waals surface area contributed by atoms with E-state index in [0.29, 0.717) is 11.0 Å². The first-order valence-corrected chi connectivity index (χ1v) is 7.12. The Morgan fingerprint density at radius 1 is 1.61 bits per heavy atom. The number of carbonyl (C=O) groups excluding carboxylic acids is 1. The molecule has 1 saturated heterocycles. The van der Waals surface area contributed by atoms with Crippen LogP contribution in [0.3, 0.4) is 0 Å². The van der Waals surface area contributed by atoms with E-state index < -0.39 is 0 Å². The van der Waals surface area contributed by atoms with E-state index in [1.54, 1.807) is 18.3 Å². The Kier molecular flexibility index (Phi) is 4.54. The molecule has 1 amide bonds. The van der Waals surface area contributed by atoms with Gasteiger partial charge < -0.3 is 11.1 Å². The van der Waals surface area contributed by atoms with Gasteiger partial charge in [0.2, 0.25) is 5.91 Å². The molecule has 1 aromatic rings. The maximum absolute atomic E-state index is 10.9. The van der Waals surface area contributed by atoms with Crippen molar-refractivity contribution in [2.45, 2.75) is 26.3 Å². The first-order chi connectivity index (χ1) is 8.63. The van der Waals surface area contributed by atoms with E-state index in [0.717, 1.165) is 39.0 Å². The van der Waals surface area contributed by atoms with Gasteiger partial charge in [-0.05, 0) is 31.8 Å². The van der Waals surface area contributed by atoms with Crippen LogP contribution in [0.2, 0.25) is 0 Å². The number of amides is 1. The summed E-state index contributed by atoms with van der Waals surface area (Å²) in [4.78, 5) is 18.6. The molecule has 0 unspecified atom stereocenters. The molecule has 5 nitrogen and oxygen atoms in total. The van der Waals surface area contributed by atoms with Gasteiger partial charge in [-0.25, -0.2) is 4.98 Å². The van der Waals surface area contributed by atoms with Crippen molar-refractivity contribution in [3.63, 3.8) is 0 Å². The average molecular weight is 268 g/mol. The summed E-state index contributed by atoms with van der Waals surface area (Å²) in [7, 11) is 0. The van der Waals surface area contributed by atoms with Crippen molar-refractivity contribution >= 4 is 22.4 Å². The molecule has 3 N–H and O–H groups in total. The first kappa shape index (κ1) is 13.3. The number of nitrogens with zero attached hydrogens (tertiary/aromatic N) is 2. The number of hydrogen-bond acceptors (Lipinski definition) is 5. The molecule has 1 aliphatic heterocycles. The molecule has 1 aromatic heterocycles. The Morgan fingerprint density at radius 3 is 2.89 bits per heavy atom. The highest BCUT2D eigenvalue weighted by Crippen LogP contribution is 2.21.